The smallest absolute Gasteiger partial charge is 0.335 e. The van der Waals surface area contributed by atoms with Crippen molar-refractivity contribution in [2.45, 2.75) is 38.1 Å². The number of hydrogen-bond acceptors (Lipinski definition) is 4. The zero-order valence-corrected chi connectivity index (χ0v) is 14.1. The zero-order chi connectivity index (χ0) is 18.0. The third kappa shape index (κ3) is 3.66. The molecule has 1 unspecified atom stereocenters. The molecule has 1 fully saturated rings. The van der Waals surface area contributed by atoms with Crippen molar-refractivity contribution in [3.63, 3.8) is 0 Å². The van der Waals surface area contributed by atoms with Crippen LogP contribution in [0.15, 0.2) is 18.2 Å². The van der Waals surface area contributed by atoms with Crippen molar-refractivity contribution in [1.82, 2.24) is 5.32 Å². The minimum atomic E-state index is -1.00. The van der Waals surface area contributed by atoms with Gasteiger partial charge in [0.2, 0.25) is 11.8 Å². The molecule has 2 aliphatic rings. The first kappa shape index (κ1) is 17.4. The lowest BCUT2D eigenvalue weighted by Gasteiger charge is -2.20. The number of methoxy groups -OCH3 is 1. The predicted molar refractivity (Wildman–Crippen MR) is 90.4 cm³/mol. The maximum atomic E-state index is 12.6. The molecule has 7 heteroatoms. The van der Waals surface area contributed by atoms with Crippen molar-refractivity contribution in [1.29, 1.82) is 0 Å². The molecule has 0 bridgehead atoms. The van der Waals surface area contributed by atoms with Gasteiger partial charge in [-0.3, -0.25) is 9.59 Å². The maximum Gasteiger partial charge on any atom is 0.335 e. The highest BCUT2D eigenvalue weighted by molar-refractivity contribution is 6.00. The third-order valence-corrected chi connectivity index (χ3v) is 5.05. The summed E-state index contributed by atoms with van der Waals surface area (Å²) >= 11 is 0. The first-order valence-corrected chi connectivity index (χ1v) is 8.42. The van der Waals surface area contributed by atoms with Crippen LogP contribution in [0, 0.1) is 5.41 Å². The predicted octanol–water partition coefficient (Wildman–Crippen LogP) is 1.57. The van der Waals surface area contributed by atoms with Gasteiger partial charge in [-0.1, -0.05) is 0 Å². The van der Waals surface area contributed by atoms with E-state index in [4.69, 9.17) is 9.84 Å². The molecular formula is C18H22N2O5. The largest absolute Gasteiger partial charge is 0.478 e. The lowest BCUT2D eigenvalue weighted by atomic mass is 10.00. The van der Waals surface area contributed by atoms with Crippen molar-refractivity contribution in [3.8, 4) is 0 Å². The number of aryl methyl sites for hydroxylation is 1. The van der Waals surface area contributed by atoms with Crippen molar-refractivity contribution < 1.29 is 24.2 Å². The highest BCUT2D eigenvalue weighted by Crippen LogP contribution is 2.49. The summed E-state index contributed by atoms with van der Waals surface area (Å²) in [4.78, 5) is 36.1. The molecule has 1 aromatic carbocycles. The number of anilines is 1. The second-order valence-electron chi connectivity index (χ2n) is 6.75. The summed E-state index contributed by atoms with van der Waals surface area (Å²) in [7, 11) is 1.61. The van der Waals surface area contributed by atoms with Crippen molar-refractivity contribution in [2.24, 2.45) is 5.41 Å². The van der Waals surface area contributed by atoms with Gasteiger partial charge in [0.25, 0.3) is 0 Å². The summed E-state index contributed by atoms with van der Waals surface area (Å²) in [6, 6.07) is 4.02. The first-order chi connectivity index (χ1) is 11.9. The fraction of sp³-hybridized carbons (Fsp3) is 0.500. The van der Waals surface area contributed by atoms with Crippen LogP contribution in [0.2, 0.25) is 0 Å². The average molecular weight is 346 g/mol. The van der Waals surface area contributed by atoms with Crippen LogP contribution in [0.25, 0.3) is 0 Å². The topological polar surface area (TPSA) is 105 Å². The normalized spacial score (nSPS) is 20.8. The van der Waals surface area contributed by atoms with E-state index in [2.05, 4.69) is 10.6 Å². The van der Waals surface area contributed by atoms with Crippen molar-refractivity contribution in [3.05, 3.63) is 29.3 Å². The van der Waals surface area contributed by atoms with Crippen molar-refractivity contribution in [2.75, 3.05) is 19.0 Å². The molecule has 0 radical (unpaired) electrons. The molecule has 7 nitrogen and oxygen atoms in total. The highest BCUT2D eigenvalue weighted by Gasteiger charge is 2.50. The van der Waals surface area contributed by atoms with Crippen LogP contribution < -0.4 is 10.6 Å². The van der Waals surface area contributed by atoms with E-state index in [0.717, 1.165) is 18.4 Å². The van der Waals surface area contributed by atoms with Gasteiger partial charge in [0.05, 0.1) is 11.0 Å². The van der Waals surface area contributed by atoms with E-state index in [0.29, 0.717) is 31.6 Å². The van der Waals surface area contributed by atoms with Gasteiger partial charge in [-0.2, -0.15) is 0 Å². The number of amides is 2. The summed E-state index contributed by atoms with van der Waals surface area (Å²) in [5.74, 6) is -1.36. The van der Waals surface area contributed by atoms with Gasteiger partial charge in [0.15, 0.2) is 0 Å². The summed E-state index contributed by atoms with van der Waals surface area (Å²) in [5, 5.41) is 14.7. The second kappa shape index (κ2) is 6.84. The van der Waals surface area contributed by atoms with Gasteiger partial charge >= 0.3 is 5.97 Å². The van der Waals surface area contributed by atoms with Crippen LogP contribution in [0.5, 0.6) is 0 Å². The van der Waals surface area contributed by atoms with Gasteiger partial charge in [0.1, 0.15) is 6.04 Å². The zero-order valence-electron chi connectivity index (χ0n) is 14.1. The van der Waals surface area contributed by atoms with Gasteiger partial charge in [0, 0.05) is 19.4 Å². The van der Waals surface area contributed by atoms with E-state index in [1.807, 2.05) is 0 Å². The number of benzene rings is 1. The second-order valence-corrected chi connectivity index (χ2v) is 6.75. The van der Waals surface area contributed by atoms with Gasteiger partial charge in [-0.05, 0) is 55.9 Å². The van der Waals surface area contributed by atoms with Crippen LogP contribution in [-0.4, -0.2) is 42.6 Å². The molecule has 2 amide bonds. The summed E-state index contributed by atoms with van der Waals surface area (Å²) < 4.78 is 5.06. The Morgan fingerprint density at radius 1 is 1.40 bits per heavy atom. The Labute approximate surface area is 145 Å². The molecule has 0 aromatic heterocycles. The van der Waals surface area contributed by atoms with Gasteiger partial charge in [-0.25, -0.2) is 4.79 Å². The number of fused-ring (bicyclic) bond motifs is 1. The van der Waals surface area contributed by atoms with Crippen LogP contribution >= 0.6 is 0 Å². The van der Waals surface area contributed by atoms with Crippen LogP contribution in [-0.2, 0) is 20.7 Å². The number of hydrogen-bond donors (Lipinski definition) is 3. The number of nitrogens with one attached hydrogen (secondary N) is 2. The summed E-state index contributed by atoms with van der Waals surface area (Å²) in [6.07, 6.45) is 3.25. The molecule has 3 rings (SSSR count). The van der Waals surface area contributed by atoms with Gasteiger partial charge in [-0.15, -0.1) is 0 Å². The molecule has 1 saturated carbocycles. The molecule has 1 aromatic rings. The molecular weight excluding hydrogens is 324 g/mol. The SMILES string of the molecule is COCCC1(C(=O)NC2CCc3cc(C(=O)O)ccc3NC2=O)CC1. The van der Waals surface area contributed by atoms with E-state index >= 15 is 0 Å². The fourth-order valence-electron chi connectivity index (χ4n) is 3.19. The maximum absolute atomic E-state index is 12.6. The minimum absolute atomic E-state index is 0.0955. The molecule has 1 aliphatic carbocycles. The molecule has 134 valence electrons. The quantitative estimate of drug-likeness (QED) is 0.725. The van der Waals surface area contributed by atoms with Crippen LogP contribution in [0.1, 0.15) is 41.6 Å². The lowest BCUT2D eigenvalue weighted by molar-refractivity contribution is -0.130. The average Bonchev–Trinajstić information content (AvgIpc) is 3.39. The van der Waals surface area contributed by atoms with Crippen LogP contribution in [0.3, 0.4) is 0 Å². The van der Waals surface area contributed by atoms with E-state index in [1.165, 1.54) is 6.07 Å². The Bertz CT molecular complexity index is 711. The Balaban J connectivity index is 1.68. The number of rotatable bonds is 6. The van der Waals surface area contributed by atoms with Crippen molar-refractivity contribution >= 4 is 23.5 Å². The molecule has 1 heterocycles. The molecule has 1 aliphatic heterocycles. The molecule has 0 spiro atoms. The van der Waals surface area contributed by atoms with E-state index in [1.54, 1.807) is 19.2 Å². The summed E-state index contributed by atoms with van der Waals surface area (Å²) in [5.41, 5.74) is 1.16. The first-order valence-electron chi connectivity index (χ1n) is 8.42. The van der Waals surface area contributed by atoms with E-state index in [-0.39, 0.29) is 17.4 Å². The molecule has 25 heavy (non-hydrogen) atoms. The minimum Gasteiger partial charge on any atom is -0.478 e. The van der Waals surface area contributed by atoms with Gasteiger partial charge < -0.3 is 20.5 Å². The third-order valence-electron chi connectivity index (χ3n) is 5.05. The lowest BCUT2D eigenvalue weighted by Crippen LogP contribution is -2.46. The summed E-state index contributed by atoms with van der Waals surface area (Å²) in [6.45, 7) is 0.522. The number of ether oxygens (including phenoxy) is 1. The Morgan fingerprint density at radius 2 is 2.16 bits per heavy atom. The molecule has 0 saturated heterocycles. The Hall–Kier alpha value is -2.41. The van der Waals surface area contributed by atoms with E-state index in [9.17, 15) is 14.4 Å². The van der Waals surface area contributed by atoms with E-state index < -0.39 is 17.4 Å². The highest BCUT2D eigenvalue weighted by atomic mass is 16.5. The number of carboxylic acid groups (broad SMARTS) is 1. The Morgan fingerprint density at radius 3 is 2.80 bits per heavy atom. The number of aromatic carboxylic acids is 1. The molecule has 1 atom stereocenters. The number of carbonyl (C=O) groups is 3. The Kier molecular flexibility index (Phi) is 4.76. The monoisotopic (exact) mass is 346 g/mol. The number of carboxylic acids is 1. The number of carbonyl (C=O) groups excluding carboxylic acids is 2. The fourth-order valence-corrected chi connectivity index (χ4v) is 3.19. The van der Waals surface area contributed by atoms with Crippen LogP contribution in [0.4, 0.5) is 5.69 Å². The molecule has 3 N–H and O–H groups in total. The standard InChI is InChI=1S/C18H22N2O5/c1-25-9-8-18(6-7-18)17(24)20-14-5-2-11-10-12(16(22)23)3-4-13(11)19-15(14)21/h3-4,10,14H,2,5-9H2,1H3,(H,19,21)(H,20,24)(H,22,23).